The van der Waals surface area contributed by atoms with E-state index in [0.29, 0.717) is 0 Å². The van der Waals surface area contributed by atoms with Crippen LogP contribution >= 0.6 is 11.6 Å². The Morgan fingerprint density at radius 3 is 2.40 bits per heavy atom. The molecule has 0 fully saturated rings. The highest BCUT2D eigenvalue weighted by atomic mass is 35.5. The summed E-state index contributed by atoms with van der Waals surface area (Å²) in [6, 6.07) is 7.29. The van der Waals surface area contributed by atoms with Crippen molar-refractivity contribution < 1.29 is 22.4 Å². The molecule has 82 valence electrons. The van der Waals surface area contributed by atoms with E-state index in [4.69, 9.17) is 11.6 Å². The maximum Gasteiger partial charge on any atom is 0.358 e. The van der Waals surface area contributed by atoms with Crippen LogP contribution in [0.15, 0.2) is 35.2 Å². The Hall–Kier alpha value is -1.11. The Morgan fingerprint density at radius 1 is 1.27 bits per heavy atom. The standard InChI is InChI=1S/C8H7ClO5S/c9-6-8(10)13-14-15(11,12)7-4-2-1-3-5-7/h1-5H,6H2. The van der Waals surface area contributed by atoms with Gasteiger partial charge in [-0.15, -0.1) is 11.6 Å². The second-order valence-corrected chi connectivity index (χ2v) is 4.21. The predicted molar refractivity (Wildman–Crippen MR) is 51.5 cm³/mol. The normalized spacial score (nSPS) is 11.0. The minimum Gasteiger partial charge on any atom is -0.280 e. The molecule has 0 saturated carbocycles. The molecule has 0 heterocycles. The van der Waals surface area contributed by atoms with E-state index in [0.717, 1.165) is 0 Å². The fraction of sp³-hybridized carbons (Fsp3) is 0.125. The first kappa shape index (κ1) is 12.0. The lowest BCUT2D eigenvalue weighted by Crippen LogP contribution is -2.12. The van der Waals surface area contributed by atoms with E-state index in [1.165, 1.54) is 24.3 Å². The lowest BCUT2D eigenvalue weighted by Gasteiger charge is -2.02. The molecule has 0 aromatic heterocycles. The molecule has 15 heavy (non-hydrogen) atoms. The first-order valence-corrected chi connectivity index (χ1v) is 5.75. The van der Waals surface area contributed by atoms with Crippen LogP contribution in [-0.4, -0.2) is 20.3 Å². The maximum absolute atomic E-state index is 11.3. The van der Waals surface area contributed by atoms with Crippen molar-refractivity contribution in [1.82, 2.24) is 0 Å². The van der Waals surface area contributed by atoms with Crippen molar-refractivity contribution in [1.29, 1.82) is 0 Å². The third-order valence-electron chi connectivity index (χ3n) is 1.36. The fourth-order valence-electron chi connectivity index (χ4n) is 0.731. The van der Waals surface area contributed by atoms with E-state index in [1.54, 1.807) is 6.07 Å². The predicted octanol–water partition coefficient (Wildman–Crippen LogP) is 1.09. The van der Waals surface area contributed by atoms with Gasteiger partial charge in [0.25, 0.3) is 0 Å². The lowest BCUT2D eigenvalue weighted by molar-refractivity contribution is -0.207. The molecule has 0 unspecified atom stereocenters. The first-order chi connectivity index (χ1) is 7.06. The van der Waals surface area contributed by atoms with Gasteiger partial charge in [0, 0.05) is 0 Å². The second-order valence-electron chi connectivity index (χ2n) is 2.42. The van der Waals surface area contributed by atoms with Crippen LogP contribution in [-0.2, 0) is 24.1 Å². The Labute approximate surface area is 91.6 Å². The number of benzene rings is 1. The number of hydrogen-bond acceptors (Lipinski definition) is 5. The van der Waals surface area contributed by atoms with Gasteiger partial charge in [-0.1, -0.05) is 18.2 Å². The van der Waals surface area contributed by atoms with Gasteiger partial charge in [-0.3, -0.25) is 4.89 Å². The Morgan fingerprint density at radius 2 is 1.87 bits per heavy atom. The molecule has 1 aromatic rings. The smallest absolute Gasteiger partial charge is 0.280 e. The quantitative estimate of drug-likeness (QED) is 0.454. The van der Waals surface area contributed by atoms with Gasteiger partial charge in [0.2, 0.25) is 0 Å². The van der Waals surface area contributed by atoms with Gasteiger partial charge in [-0.25, -0.2) is 4.79 Å². The van der Waals surface area contributed by atoms with Crippen LogP contribution in [0.5, 0.6) is 0 Å². The number of halogens is 1. The van der Waals surface area contributed by atoms with Crippen LogP contribution < -0.4 is 0 Å². The second kappa shape index (κ2) is 5.11. The van der Waals surface area contributed by atoms with Crippen molar-refractivity contribution in [3.05, 3.63) is 30.3 Å². The van der Waals surface area contributed by atoms with Crippen LogP contribution in [0.2, 0.25) is 0 Å². The third-order valence-corrected chi connectivity index (χ3v) is 2.67. The molecule has 5 nitrogen and oxygen atoms in total. The Bertz CT molecular complexity index is 428. The zero-order valence-electron chi connectivity index (χ0n) is 7.42. The van der Waals surface area contributed by atoms with Crippen molar-refractivity contribution in [2.24, 2.45) is 0 Å². The van der Waals surface area contributed by atoms with Crippen molar-refractivity contribution >= 4 is 27.7 Å². The minimum absolute atomic E-state index is 0.104. The number of alkyl halides is 1. The SMILES string of the molecule is O=C(CCl)OOS(=O)(=O)c1ccccc1. The highest BCUT2D eigenvalue weighted by molar-refractivity contribution is 7.86. The molecule has 0 aliphatic heterocycles. The van der Waals surface area contributed by atoms with E-state index in [9.17, 15) is 13.2 Å². The molecule has 0 aliphatic rings. The summed E-state index contributed by atoms with van der Waals surface area (Å²) < 4.78 is 26.6. The molecule has 0 atom stereocenters. The molecular formula is C8H7ClO5S. The summed E-state index contributed by atoms with van der Waals surface area (Å²) in [7, 11) is -4.07. The molecule has 0 amide bonds. The Kier molecular flexibility index (Phi) is 4.07. The maximum atomic E-state index is 11.3. The van der Waals surface area contributed by atoms with E-state index in [2.05, 4.69) is 9.22 Å². The fourth-order valence-corrected chi connectivity index (χ4v) is 1.51. The average molecular weight is 251 g/mol. The number of rotatable bonds is 4. The van der Waals surface area contributed by atoms with E-state index in [-0.39, 0.29) is 4.90 Å². The topological polar surface area (TPSA) is 69.7 Å². The summed E-state index contributed by atoms with van der Waals surface area (Å²) in [5.41, 5.74) is 0. The van der Waals surface area contributed by atoms with Gasteiger partial charge in [0.15, 0.2) is 0 Å². The van der Waals surface area contributed by atoms with Crippen LogP contribution in [0.25, 0.3) is 0 Å². The van der Waals surface area contributed by atoms with Crippen LogP contribution in [0.1, 0.15) is 0 Å². The van der Waals surface area contributed by atoms with Gasteiger partial charge in [0.05, 0.1) is 4.90 Å². The van der Waals surface area contributed by atoms with Crippen LogP contribution in [0.3, 0.4) is 0 Å². The molecule has 0 radical (unpaired) electrons. The van der Waals surface area contributed by atoms with Gasteiger partial charge >= 0.3 is 16.1 Å². The molecule has 1 rings (SSSR count). The summed E-state index contributed by atoms with van der Waals surface area (Å²) in [6.07, 6.45) is 0. The van der Waals surface area contributed by atoms with Gasteiger partial charge < -0.3 is 0 Å². The highest BCUT2D eigenvalue weighted by Gasteiger charge is 2.18. The summed E-state index contributed by atoms with van der Waals surface area (Å²) in [5, 5.41) is 0. The summed E-state index contributed by atoms with van der Waals surface area (Å²) >= 11 is 5.08. The van der Waals surface area contributed by atoms with Crippen LogP contribution in [0, 0.1) is 0 Å². The number of hydrogen-bond donors (Lipinski definition) is 0. The third kappa shape index (κ3) is 3.50. The average Bonchev–Trinajstić information content (AvgIpc) is 2.27. The number of carbonyl (C=O) groups is 1. The van der Waals surface area contributed by atoms with Crippen molar-refractivity contribution in [3.8, 4) is 0 Å². The van der Waals surface area contributed by atoms with Gasteiger partial charge in [0.1, 0.15) is 5.88 Å². The molecule has 7 heteroatoms. The van der Waals surface area contributed by atoms with E-state index in [1.807, 2.05) is 0 Å². The lowest BCUT2D eigenvalue weighted by atomic mass is 10.4. The van der Waals surface area contributed by atoms with Gasteiger partial charge in [-0.05, 0) is 16.5 Å². The molecule has 0 saturated heterocycles. The molecule has 0 spiro atoms. The van der Waals surface area contributed by atoms with Crippen molar-refractivity contribution in [2.75, 3.05) is 5.88 Å². The molecular weight excluding hydrogens is 244 g/mol. The zero-order chi connectivity index (χ0) is 11.3. The largest absolute Gasteiger partial charge is 0.358 e. The monoisotopic (exact) mass is 250 g/mol. The summed E-state index contributed by atoms with van der Waals surface area (Å²) in [6.45, 7) is 0. The minimum atomic E-state index is -4.07. The van der Waals surface area contributed by atoms with Gasteiger partial charge in [-0.2, -0.15) is 8.42 Å². The summed E-state index contributed by atoms with van der Waals surface area (Å²) in [4.78, 5) is 14.4. The van der Waals surface area contributed by atoms with E-state index >= 15 is 0 Å². The Balaban J connectivity index is 2.73. The zero-order valence-corrected chi connectivity index (χ0v) is 8.99. The highest BCUT2D eigenvalue weighted by Crippen LogP contribution is 2.11. The van der Waals surface area contributed by atoms with Crippen molar-refractivity contribution in [2.45, 2.75) is 4.90 Å². The first-order valence-electron chi connectivity index (χ1n) is 3.81. The van der Waals surface area contributed by atoms with Crippen molar-refractivity contribution in [3.63, 3.8) is 0 Å². The van der Waals surface area contributed by atoms with E-state index < -0.39 is 22.0 Å². The summed E-state index contributed by atoms with van der Waals surface area (Å²) in [5.74, 6) is -1.46. The molecule has 0 bridgehead atoms. The van der Waals surface area contributed by atoms with Crippen LogP contribution in [0.4, 0.5) is 0 Å². The molecule has 0 N–H and O–H groups in total. The number of carbonyl (C=O) groups excluding carboxylic acids is 1. The molecule has 0 aliphatic carbocycles. The molecule has 1 aromatic carbocycles.